The fraction of sp³-hybridized carbons (Fsp3) is 0.429. The van der Waals surface area contributed by atoms with Gasteiger partial charge in [-0.25, -0.2) is 4.98 Å². The van der Waals surface area contributed by atoms with Crippen LogP contribution in [0.4, 0.5) is 0 Å². The molecule has 0 fully saturated rings. The molecule has 96 valence electrons. The van der Waals surface area contributed by atoms with Crippen LogP contribution in [0.5, 0.6) is 0 Å². The van der Waals surface area contributed by atoms with Crippen molar-refractivity contribution in [3.63, 3.8) is 0 Å². The van der Waals surface area contributed by atoms with Crippen LogP contribution in [0.1, 0.15) is 24.0 Å². The summed E-state index contributed by atoms with van der Waals surface area (Å²) in [6.07, 6.45) is 5.78. The summed E-state index contributed by atoms with van der Waals surface area (Å²) in [7, 11) is 2.03. The largest absolute Gasteiger partial charge is 0.337 e. The molecule has 0 spiro atoms. The van der Waals surface area contributed by atoms with E-state index >= 15 is 0 Å². The summed E-state index contributed by atoms with van der Waals surface area (Å²) >= 11 is 0. The maximum Gasteiger partial charge on any atom is 0.122 e. The lowest BCUT2D eigenvalue weighted by Crippen LogP contribution is -2.24. The molecule has 2 aromatic rings. The molecule has 4 nitrogen and oxygen atoms in total. The molecule has 0 aliphatic heterocycles. The first-order chi connectivity index (χ1) is 8.69. The standard InChI is InChI=1S/C14H20N4/c1-4-18(11-14-15-7-8-17(14)3)10-13-6-5-12(2)16-9-13/h5-9H,4,10-11H2,1-3H3. The number of pyridine rings is 1. The zero-order valence-electron chi connectivity index (χ0n) is 11.3. The van der Waals surface area contributed by atoms with Crippen molar-refractivity contribution in [2.45, 2.75) is 26.9 Å². The summed E-state index contributed by atoms with van der Waals surface area (Å²) in [6, 6.07) is 4.20. The van der Waals surface area contributed by atoms with Gasteiger partial charge in [-0.15, -0.1) is 0 Å². The molecule has 0 saturated heterocycles. The SMILES string of the molecule is CCN(Cc1ccc(C)nc1)Cc1nccn1C. The molecule has 4 heteroatoms. The molecule has 0 aliphatic rings. The van der Waals surface area contributed by atoms with Gasteiger partial charge in [0, 0.05) is 37.9 Å². The van der Waals surface area contributed by atoms with Crippen LogP contribution >= 0.6 is 0 Å². The maximum atomic E-state index is 4.36. The van der Waals surface area contributed by atoms with Crippen molar-refractivity contribution in [3.05, 3.63) is 47.8 Å². The van der Waals surface area contributed by atoms with Crippen molar-refractivity contribution in [2.24, 2.45) is 7.05 Å². The van der Waals surface area contributed by atoms with Crippen molar-refractivity contribution >= 4 is 0 Å². The Labute approximate surface area is 108 Å². The fourth-order valence-corrected chi connectivity index (χ4v) is 1.88. The molecule has 0 atom stereocenters. The number of aryl methyl sites for hydroxylation is 2. The molecule has 0 bridgehead atoms. The van der Waals surface area contributed by atoms with Gasteiger partial charge in [-0.3, -0.25) is 9.88 Å². The highest BCUT2D eigenvalue weighted by atomic mass is 15.2. The average Bonchev–Trinajstić information content (AvgIpc) is 2.77. The molecule has 0 radical (unpaired) electrons. The molecule has 0 aliphatic carbocycles. The van der Waals surface area contributed by atoms with Gasteiger partial charge in [-0.2, -0.15) is 0 Å². The molecule has 0 amide bonds. The van der Waals surface area contributed by atoms with Gasteiger partial charge in [0.25, 0.3) is 0 Å². The van der Waals surface area contributed by atoms with E-state index < -0.39 is 0 Å². The van der Waals surface area contributed by atoms with E-state index in [1.165, 1.54) is 5.56 Å². The van der Waals surface area contributed by atoms with Crippen molar-refractivity contribution < 1.29 is 0 Å². The summed E-state index contributed by atoms with van der Waals surface area (Å²) in [5.74, 6) is 1.09. The Bertz CT molecular complexity index is 487. The van der Waals surface area contributed by atoms with E-state index in [1.54, 1.807) is 0 Å². The molecule has 2 heterocycles. The van der Waals surface area contributed by atoms with Gasteiger partial charge >= 0.3 is 0 Å². The van der Waals surface area contributed by atoms with Crippen molar-refractivity contribution in [2.75, 3.05) is 6.54 Å². The Hall–Kier alpha value is -1.68. The minimum atomic E-state index is 0.869. The van der Waals surface area contributed by atoms with E-state index in [0.717, 1.165) is 31.2 Å². The van der Waals surface area contributed by atoms with Crippen LogP contribution in [0.3, 0.4) is 0 Å². The van der Waals surface area contributed by atoms with Crippen molar-refractivity contribution in [3.8, 4) is 0 Å². The zero-order valence-corrected chi connectivity index (χ0v) is 11.3. The maximum absolute atomic E-state index is 4.36. The molecule has 2 aromatic heterocycles. The third kappa shape index (κ3) is 3.17. The molecular formula is C14H20N4. The van der Waals surface area contributed by atoms with Crippen LogP contribution in [0.25, 0.3) is 0 Å². The Kier molecular flexibility index (Phi) is 4.10. The van der Waals surface area contributed by atoms with Crippen LogP contribution < -0.4 is 0 Å². The van der Waals surface area contributed by atoms with Crippen LogP contribution in [0, 0.1) is 6.92 Å². The highest BCUT2D eigenvalue weighted by Crippen LogP contribution is 2.08. The van der Waals surface area contributed by atoms with Gasteiger partial charge in [0.15, 0.2) is 0 Å². The molecule has 0 N–H and O–H groups in total. The Balaban J connectivity index is 2.01. The van der Waals surface area contributed by atoms with Crippen molar-refractivity contribution in [1.29, 1.82) is 0 Å². The molecule has 2 rings (SSSR count). The quantitative estimate of drug-likeness (QED) is 0.808. The lowest BCUT2D eigenvalue weighted by Gasteiger charge is -2.20. The van der Waals surface area contributed by atoms with E-state index in [0.29, 0.717) is 0 Å². The lowest BCUT2D eigenvalue weighted by molar-refractivity contribution is 0.261. The third-order valence-corrected chi connectivity index (χ3v) is 3.11. The molecule has 0 saturated carbocycles. The summed E-state index contributed by atoms with van der Waals surface area (Å²) in [5, 5.41) is 0. The first-order valence-corrected chi connectivity index (χ1v) is 6.29. The number of imidazole rings is 1. The number of hydrogen-bond acceptors (Lipinski definition) is 3. The summed E-state index contributed by atoms with van der Waals surface area (Å²) in [4.78, 5) is 11.1. The van der Waals surface area contributed by atoms with E-state index in [-0.39, 0.29) is 0 Å². The Morgan fingerprint density at radius 1 is 1.22 bits per heavy atom. The van der Waals surface area contributed by atoms with E-state index in [2.05, 4.69) is 38.5 Å². The first kappa shape index (κ1) is 12.8. The fourth-order valence-electron chi connectivity index (χ4n) is 1.88. The monoisotopic (exact) mass is 244 g/mol. The van der Waals surface area contributed by atoms with Gasteiger partial charge < -0.3 is 4.57 Å². The minimum Gasteiger partial charge on any atom is -0.337 e. The highest BCUT2D eigenvalue weighted by Gasteiger charge is 2.08. The third-order valence-electron chi connectivity index (χ3n) is 3.11. The van der Waals surface area contributed by atoms with E-state index in [9.17, 15) is 0 Å². The van der Waals surface area contributed by atoms with Gasteiger partial charge in [-0.1, -0.05) is 13.0 Å². The van der Waals surface area contributed by atoms with Gasteiger partial charge in [0.2, 0.25) is 0 Å². The normalized spacial score (nSPS) is 11.1. The molecule has 0 unspecified atom stereocenters. The number of nitrogens with zero attached hydrogens (tertiary/aromatic N) is 4. The smallest absolute Gasteiger partial charge is 0.122 e. The number of rotatable bonds is 5. The molecule has 0 aromatic carbocycles. The van der Waals surface area contributed by atoms with Crippen LogP contribution in [0.2, 0.25) is 0 Å². The van der Waals surface area contributed by atoms with Crippen LogP contribution in [0.15, 0.2) is 30.7 Å². The average molecular weight is 244 g/mol. The lowest BCUT2D eigenvalue weighted by atomic mass is 10.2. The van der Waals surface area contributed by atoms with Gasteiger partial charge in [0.1, 0.15) is 5.82 Å². The summed E-state index contributed by atoms with van der Waals surface area (Å²) in [5.41, 5.74) is 2.31. The number of aromatic nitrogens is 3. The van der Waals surface area contributed by atoms with Crippen LogP contribution in [-0.2, 0) is 20.1 Å². The molecule has 18 heavy (non-hydrogen) atoms. The van der Waals surface area contributed by atoms with E-state index in [1.807, 2.05) is 32.6 Å². The van der Waals surface area contributed by atoms with Crippen LogP contribution in [-0.4, -0.2) is 26.0 Å². The predicted molar refractivity (Wildman–Crippen MR) is 72.0 cm³/mol. The van der Waals surface area contributed by atoms with Crippen molar-refractivity contribution in [1.82, 2.24) is 19.4 Å². The Morgan fingerprint density at radius 2 is 2.06 bits per heavy atom. The first-order valence-electron chi connectivity index (χ1n) is 6.29. The topological polar surface area (TPSA) is 34.0 Å². The second-order valence-corrected chi connectivity index (χ2v) is 4.57. The van der Waals surface area contributed by atoms with Gasteiger partial charge in [0.05, 0.1) is 6.54 Å². The highest BCUT2D eigenvalue weighted by molar-refractivity contribution is 5.13. The molecular weight excluding hydrogens is 224 g/mol. The second kappa shape index (κ2) is 5.78. The predicted octanol–water partition coefficient (Wildman–Crippen LogP) is 2.15. The number of hydrogen-bond donors (Lipinski definition) is 0. The van der Waals surface area contributed by atoms with Gasteiger partial charge in [-0.05, 0) is 25.1 Å². The second-order valence-electron chi connectivity index (χ2n) is 4.57. The summed E-state index contributed by atoms with van der Waals surface area (Å²) in [6.45, 7) is 6.96. The zero-order chi connectivity index (χ0) is 13.0. The Morgan fingerprint density at radius 3 is 2.61 bits per heavy atom. The minimum absolute atomic E-state index is 0.869. The summed E-state index contributed by atoms with van der Waals surface area (Å²) < 4.78 is 2.07. The van der Waals surface area contributed by atoms with E-state index in [4.69, 9.17) is 0 Å².